The standard InChI is InChI=1S/C14H21NO2/c1-11(2)10-15-14(17)9-8-13(16)12-6-4-3-5-7-12/h3-7,11,13,16H,8-10H2,1-2H3,(H,15,17). The van der Waals surface area contributed by atoms with Gasteiger partial charge in [0.05, 0.1) is 6.10 Å². The van der Waals surface area contributed by atoms with Crippen molar-refractivity contribution < 1.29 is 9.90 Å². The van der Waals surface area contributed by atoms with Crippen LogP contribution in [0.5, 0.6) is 0 Å². The smallest absolute Gasteiger partial charge is 0.220 e. The molecule has 94 valence electrons. The summed E-state index contributed by atoms with van der Waals surface area (Å²) >= 11 is 0. The van der Waals surface area contributed by atoms with Gasteiger partial charge in [-0.05, 0) is 17.9 Å². The Labute approximate surface area is 103 Å². The fourth-order valence-electron chi connectivity index (χ4n) is 1.52. The second kappa shape index (κ2) is 7.07. The van der Waals surface area contributed by atoms with Crippen LogP contribution in [0.2, 0.25) is 0 Å². The van der Waals surface area contributed by atoms with Gasteiger partial charge in [0, 0.05) is 13.0 Å². The van der Waals surface area contributed by atoms with Gasteiger partial charge in [-0.3, -0.25) is 4.79 Å². The first-order chi connectivity index (χ1) is 8.09. The van der Waals surface area contributed by atoms with Crippen LogP contribution in [0.1, 0.15) is 38.4 Å². The molecule has 1 amide bonds. The van der Waals surface area contributed by atoms with Gasteiger partial charge in [0.2, 0.25) is 5.91 Å². The lowest BCUT2D eigenvalue weighted by Gasteiger charge is -2.11. The van der Waals surface area contributed by atoms with E-state index in [0.717, 1.165) is 5.56 Å². The monoisotopic (exact) mass is 235 g/mol. The third kappa shape index (κ3) is 5.50. The van der Waals surface area contributed by atoms with Gasteiger partial charge < -0.3 is 10.4 Å². The molecule has 0 aliphatic carbocycles. The molecule has 0 heterocycles. The van der Waals surface area contributed by atoms with Crippen LogP contribution in [0.25, 0.3) is 0 Å². The van der Waals surface area contributed by atoms with E-state index in [2.05, 4.69) is 19.2 Å². The van der Waals surface area contributed by atoms with E-state index >= 15 is 0 Å². The molecule has 0 aliphatic rings. The van der Waals surface area contributed by atoms with Crippen molar-refractivity contribution in [3.8, 4) is 0 Å². The predicted molar refractivity (Wildman–Crippen MR) is 68.5 cm³/mol. The van der Waals surface area contributed by atoms with Crippen molar-refractivity contribution in [3.63, 3.8) is 0 Å². The van der Waals surface area contributed by atoms with Crippen molar-refractivity contribution in [1.29, 1.82) is 0 Å². The number of hydrogen-bond acceptors (Lipinski definition) is 2. The molecular formula is C14H21NO2. The van der Waals surface area contributed by atoms with Crippen molar-refractivity contribution in [2.45, 2.75) is 32.8 Å². The number of carbonyl (C=O) groups is 1. The van der Waals surface area contributed by atoms with Crippen molar-refractivity contribution in [3.05, 3.63) is 35.9 Å². The zero-order valence-corrected chi connectivity index (χ0v) is 10.5. The van der Waals surface area contributed by atoms with Crippen LogP contribution in [0.4, 0.5) is 0 Å². The van der Waals surface area contributed by atoms with Gasteiger partial charge in [-0.1, -0.05) is 44.2 Å². The quantitative estimate of drug-likeness (QED) is 0.794. The fraction of sp³-hybridized carbons (Fsp3) is 0.500. The number of amides is 1. The first-order valence-corrected chi connectivity index (χ1v) is 6.09. The Morgan fingerprint density at radius 2 is 1.94 bits per heavy atom. The van der Waals surface area contributed by atoms with Gasteiger partial charge in [-0.2, -0.15) is 0 Å². The summed E-state index contributed by atoms with van der Waals surface area (Å²) < 4.78 is 0. The van der Waals surface area contributed by atoms with E-state index in [1.54, 1.807) is 0 Å². The Kier molecular flexibility index (Phi) is 5.70. The molecule has 1 aromatic carbocycles. The minimum Gasteiger partial charge on any atom is -0.388 e. The molecule has 3 nitrogen and oxygen atoms in total. The van der Waals surface area contributed by atoms with Crippen LogP contribution in [0.15, 0.2) is 30.3 Å². The number of rotatable bonds is 6. The lowest BCUT2D eigenvalue weighted by Crippen LogP contribution is -2.27. The highest BCUT2D eigenvalue weighted by Crippen LogP contribution is 2.17. The number of carbonyl (C=O) groups excluding carboxylic acids is 1. The summed E-state index contributed by atoms with van der Waals surface area (Å²) in [6.45, 7) is 4.80. The maximum absolute atomic E-state index is 11.5. The molecule has 17 heavy (non-hydrogen) atoms. The van der Waals surface area contributed by atoms with Crippen LogP contribution in [0.3, 0.4) is 0 Å². The first-order valence-electron chi connectivity index (χ1n) is 6.09. The second-order valence-electron chi connectivity index (χ2n) is 4.66. The highest BCUT2D eigenvalue weighted by molar-refractivity contribution is 5.75. The van der Waals surface area contributed by atoms with Gasteiger partial charge in [0.1, 0.15) is 0 Å². The molecule has 0 aliphatic heterocycles. The molecule has 0 spiro atoms. The Morgan fingerprint density at radius 1 is 1.29 bits per heavy atom. The molecule has 0 aromatic heterocycles. The molecule has 0 bridgehead atoms. The molecule has 1 aromatic rings. The average molecular weight is 235 g/mol. The molecular weight excluding hydrogens is 214 g/mol. The van der Waals surface area contributed by atoms with E-state index in [1.165, 1.54) is 0 Å². The Bertz CT molecular complexity index is 335. The van der Waals surface area contributed by atoms with Crippen molar-refractivity contribution in [2.24, 2.45) is 5.92 Å². The summed E-state index contributed by atoms with van der Waals surface area (Å²) in [5.41, 5.74) is 0.865. The Balaban J connectivity index is 2.29. The number of hydrogen-bond donors (Lipinski definition) is 2. The first kappa shape index (κ1) is 13.7. The van der Waals surface area contributed by atoms with E-state index in [9.17, 15) is 9.90 Å². The van der Waals surface area contributed by atoms with Crippen LogP contribution in [0, 0.1) is 5.92 Å². The van der Waals surface area contributed by atoms with Crippen LogP contribution in [-0.4, -0.2) is 17.6 Å². The number of aliphatic hydroxyl groups is 1. The summed E-state index contributed by atoms with van der Waals surface area (Å²) in [6, 6.07) is 9.42. The Hall–Kier alpha value is -1.35. The van der Waals surface area contributed by atoms with Crippen LogP contribution < -0.4 is 5.32 Å². The summed E-state index contributed by atoms with van der Waals surface area (Å²) in [4.78, 5) is 11.5. The average Bonchev–Trinajstić information content (AvgIpc) is 2.34. The number of nitrogens with one attached hydrogen (secondary N) is 1. The predicted octanol–water partition coefficient (Wildman–Crippen LogP) is 2.27. The SMILES string of the molecule is CC(C)CNC(=O)CCC(O)c1ccccc1. The van der Waals surface area contributed by atoms with E-state index in [0.29, 0.717) is 25.3 Å². The van der Waals surface area contributed by atoms with E-state index < -0.39 is 6.10 Å². The van der Waals surface area contributed by atoms with E-state index in [-0.39, 0.29) is 5.91 Å². The number of aliphatic hydroxyl groups excluding tert-OH is 1. The minimum atomic E-state index is -0.555. The van der Waals surface area contributed by atoms with E-state index in [4.69, 9.17) is 0 Å². The minimum absolute atomic E-state index is 0.00804. The fourth-order valence-corrected chi connectivity index (χ4v) is 1.52. The maximum atomic E-state index is 11.5. The van der Waals surface area contributed by atoms with Gasteiger partial charge in [0.15, 0.2) is 0 Å². The van der Waals surface area contributed by atoms with Gasteiger partial charge in [-0.15, -0.1) is 0 Å². The van der Waals surface area contributed by atoms with E-state index in [1.807, 2.05) is 30.3 Å². The molecule has 0 radical (unpaired) electrons. The lowest BCUT2D eigenvalue weighted by atomic mass is 10.0. The third-order valence-corrected chi connectivity index (χ3v) is 2.54. The molecule has 1 unspecified atom stereocenters. The zero-order chi connectivity index (χ0) is 12.7. The molecule has 0 saturated carbocycles. The van der Waals surface area contributed by atoms with Gasteiger partial charge in [0.25, 0.3) is 0 Å². The Morgan fingerprint density at radius 3 is 2.53 bits per heavy atom. The van der Waals surface area contributed by atoms with Crippen LogP contribution in [-0.2, 0) is 4.79 Å². The van der Waals surface area contributed by atoms with Gasteiger partial charge in [-0.25, -0.2) is 0 Å². The van der Waals surface area contributed by atoms with Crippen molar-refractivity contribution in [1.82, 2.24) is 5.32 Å². The largest absolute Gasteiger partial charge is 0.388 e. The summed E-state index contributed by atoms with van der Waals surface area (Å²) in [7, 11) is 0. The molecule has 0 saturated heterocycles. The molecule has 3 heteroatoms. The molecule has 0 fully saturated rings. The molecule has 2 N–H and O–H groups in total. The van der Waals surface area contributed by atoms with Crippen LogP contribution >= 0.6 is 0 Å². The normalized spacial score (nSPS) is 12.5. The second-order valence-corrected chi connectivity index (χ2v) is 4.66. The third-order valence-electron chi connectivity index (χ3n) is 2.54. The zero-order valence-electron chi connectivity index (χ0n) is 10.5. The van der Waals surface area contributed by atoms with Gasteiger partial charge >= 0.3 is 0 Å². The number of benzene rings is 1. The van der Waals surface area contributed by atoms with Crippen molar-refractivity contribution in [2.75, 3.05) is 6.54 Å². The summed E-state index contributed by atoms with van der Waals surface area (Å²) in [5.74, 6) is 0.465. The highest BCUT2D eigenvalue weighted by Gasteiger charge is 2.09. The lowest BCUT2D eigenvalue weighted by molar-refractivity contribution is -0.121. The van der Waals surface area contributed by atoms with Crippen molar-refractivity contribution >= 4 is 5.91 Å². The maximum Gasteiger partial charge on any atom is 0.220 e. The summed E-state index contributed by atoms with van der Waals surface area (Å²) in [5, 5.41) is 12.7. The topological polar surface area (TPSA) is 49.3 Å². The molecule has 1 atom stereocenters. The molecule has 1 rings (SSSR count). The summed E-state index contributed by atoms with van der Waals surface area (Å²) in [6.07, 6.45) is 0.275. The highest BCUT2D eigenvalue weighted by atomic mass is 16.3.